The van der Waals surface area contributed by atoms with Crippen molar-refractivity contribution in [2.75, 3.05) is 25.6 Å². The van der Waals surface area contributed by atoms with Gasteiger partial charge in [-0.05, 0) is 48.9 Å². The third-order valence-corrected chi connectivity index (χ3v) is 3.28. The molecule has 0 saturated carbocycles. The smallest absolute Gasteiger partial charge is 0.147 e. The first-order valence-corrected chi connectivity index (χ1v) is 6.52. The molecule has 0 atom stereocenters. The zero-order valence-corrected chi connectivity index (χ0v) is 11.8. The normalized spacial score (nSPS) is 10.4. The highest BCUT2D eigenvalue weighted by molar-refractivity contribution is 5.67. The van der Waals surface area contributed by atoms with E-state index >= 15 is 0 Å². The van der Waals surface area contributed by atoms with Gasteiger partial charge in [0, 0.05) is 12.7 Å². The number of hydrogen-bond donors (Lipinski definition) is 1. The minimum Gasteiger partial charge on any atom is -0.497 e. The van der Waals surface area contributed by atoms with Crippen molar-refractivity contribution < 1.29 is 9.13 Å². The van der Waals surface area contributed by atoms with Crippen LogP contribution < -0.4 is 15.4 Å². The van der Waals surface area contributed by atoms with Crippen molar-refractivity contribution in [2.45, 2.75) is 6.42 Å². The quantitative estimate of drug-likeness (QED) is 0.910. The van der Waals surface area contributed by atoms with Crippen LogP contribution in [-0.4, -0.2) is 20.7 Å². The van der Waals surface area contributed by atoms with E-state index < -0.39 is 0 Å². The van der Waals surface area contributed by atoms with Crippen molar-refractivity contribution in [2.24, 2.45) is 5.73 Å². The molecule has 2 rings (SSSR count). The van der Waals surface area contributed by atoms with Gasteiger partial charge in [-0.25, -0.2) is 4.39 Å². The molecule has 2 aromatic carbocycles. The van der Waals surface area contributed by atoms with E-state index in [-0.39, 0.29) is 5.82 Å². The SMILES string of the molecule is COc1ccc(N(C)c2c(F)cccc2CCN)cc1. The van der Waals surface area contributed by atoms with E-state index in [1.807, 2.05) is 42.3 Å². The second-order valence-corrected chi connectivity index (χ2v) is 4.54. The second kappa shape index (κ2) is 6.39. The summed E-state index contributed by atoms with van der Waals surface area (Å²) in [5, 5.41) is 0. The number of benzene rings is 2. The Morgan fingerprint density at radius 2 is 1.85 bits per heavy atom. The van der Waals surface area contributed by atoms with Crippen LogP contribution in [0.1, 0.15) is 5.56 Å². The second-order valence-electron chi connectivity index (χ2n) is 4.54. The van der Waals surface area contributed by atoms with Crippen LogP contribution in [0.3, 0.4) is 0 Å². The average Bonchev–Trinajstić information content (AvgIpc) is 2.47. The van der Waals surface area contributed by atoms with Gasteiger partial charge in [0.15, 0.2) is 0 Å². The number of hydrogen-bond acceptors (Lipinski definition) is 3. The molecule has 2 aromatic rings. The molecule has 0 aromatic heterocycles. The number of methoxy groups -OCH3 is 1. The van der Waals surface area contributed by atoms with Gasteiger partial charge in [-0.1, -0.05) is 12.1 Å². The first-order chi connectivity index (χ1) is 9.67. The molecule has 4 heteroatoms. The molecular formula is C16H19FN2O. The number of anilines is 2. The third-order valence-electron chi connectivity index (χ3n) is 3.28. The molecule has 0 unspecified atom stereocenters. The van der Waals surface area contributed by atoms with Crippen LogP contribution in [0.25, 0.3) is 0 Å². The molecule has 0 amide bonds. The molecule has 0 aliphatic rings. The minimum atomic E-state index is -0.241. The van der Waals surface area contributed by atoms with E-state index in [2.05, 4.69) is 0 Å². The molecule has 2 N–H and O–H groups in total. The summed E-state index contributed by atoms with van der Waals surface area (Å²) in [7, 11) is 3.47. The number of para-hydroxylation sites is 1. The molecule has 0 heterocycles. The zero-order chi connectivity index (χ0) is 14.5. The van der Waals surface area contributed by atoms with Gasteiger partial charge in [-0.3, -0.25) is 0 Å². The van der Waals surface area contributed by atoms with Crippen LogP contribution in [0.15, 0.2) is 42.5 Å². The van der Waals surface area contributed by atoms with Crippen LogP contribution in [0, 0.1) is 5.82 Å². The number of nitrogens with two attached hydrogens (primary N) is 1. The van der Waals surface area contributed by atoms with E-state index in [1.54, 1.807) is 13.2 Å². The lowest BCUT2D eigenvalue weighted by atomic mass is 10.1. The average molecular weight is 274 g/mol. The van der Waals surface area contributed by atoms with Gasteiger partial charge in [0.1, 0.15) is 11.6 Å². The highest BCUT2D eigenvalue weighted by atomic mass is 19.1. The van der Waals surface area contributed by atoms with Gasteiger partial charge < -0.3 is 15.4 Å². The molecule has 3 nitrogen and oxygen atoms in total. The van der Waals surface area contributed by atoms with Gasteiger partial charge >= 0.3 is 0 Å². The fourth-order valence-corrected chi connectivity index (χ4v) is 2.23. The van der Waals surface area contributed by atoms with E-state index in [9.17, 15) is 4.39 Å². The summed E-state index contributed by atoms with van der Waals surface area (Å²) in [5.74, 6) is 0.534. The van der Waals surface area contributed by atoms with Gasteiger partial charge in [0.25, 0.3) is 0 Å². The fraction of sp³-hybridized carbons (Fsp3) is 0.250. The van der Waals surface area contributed by atoms with Crippen molar-refractivity contribution in [3.8, 4) is 5.75 Å². The Kier molecular flexibility index (Phi) is 4.58. The predicted octanol–water partition coefficient (Wildman–Crippen LogP) is 3.10. The summed E-state index contributed by atoms with van der Waals surface area (Å²) in [6, 6.07) is 12.6. The van der Waals surface area contributed by atoms with Crippen molar-refractivity contribution in [3.63, 3.8) is 0 Å². The van der Waals surface area contributed by atoms with Gasteiger partial charge in [0.2, 0.25) is 0 Å². The summed E-state index contributed by atoms with van der Waals surface area (Å²) in [6.07, 6.45) is 0.646. The van der Waals surface area contributed by atoms with Crippen LogP contribution in [-0.2, 0) is 6.42 Å². The Morgan fingerprint density at radius 1 is 1.15 bits per heavy atom. The maximum atomic E-state index is 14.1. The molecular weight excluding hydrogens is 255 g/mol. The van der Waals surface area contributed by atoms with Crippen molar-refractivity contribution in [1.29, 1.82) is 0 Å². The van der Waals surface area contributed by atoms with Crippen molar-refractivity contribution in [3.05, 3.63) is 53.8 Å². The lowest BCUT2D eigenvalue weighted by Gasteiger charge is -2.23. The molecule has 0 aliphatic heterocycles. The maximum absolute atomic E-state index is 14.1. The van der Waals surface area contributed by atoms with Crippen molar-refractivity contribution >= 4 is 11.4 Å². The summed E-state index contributed by atoms with van der Waals surface area (Å²) < 4.78 is 19.3. The molecule has 0 fully saturated rings. The maximum Gasteiger partial charge on any atom is 0.147 e. The monoisotopic (exact) mass is 274 g/mol. The molecule has 0 bridgehead atoms. The van der Waals surface area contributed by atoms with Crippen LogP contribution >= 0.6 is 0 Å². The molecule has 0 spiro atoms. The number of ether oxygens (including phenoxy) is 1. The van der Waals surface area contributed by atoms with Gasteiger partial charge in [-0.15, -0.1) is 0 Å². The Hall–Kier alpha value is -2.07. The molecule has 0 saturated heterocycles. The Morgan fingerprint density at radius 3 is 2.45 bits per heavy atom. The summed E-state index contributed by atoms with van der Waals surface area (Å²) in [5.41, 5.74) is 7.98. The first-order valence-electron chi connectivity index (χ1n) is 6.52. The van der Waals surface area contributed by atoms with Crippen molar-refractivity contribution in [1.82, 2.24) is 0 Å². The zero-order valence-electron chi connectivity index (χ0n) is 11.8. The Balaban J connectivity index is 2.38. The fourth-order valence-electron chi connectivity index (χ4n) is 2.23. The van der Waals surface area contributed by atoms with Crippen LogP contribution in [0.2, 0.25) is 0 Å². The number of halogens is 1. The number of nitrogens with zero attached hydrogens (tertiary/aromatic N) is 1. The lowest BCUT2D eigenvalue weighted by Crippen LogP contribution is -2.15. The molecule has 20 heavy (non-hydrogen) atoms. The Labute approximate surface area is 118 Å². The van der Waals surface area contributed by atoms with Gasteiger partial charge in [-0.2, -0.15) is 0 Å². The first kappa shape index (κ1) is 14.3. The highest BCUT2D eigenvalue weighted by Gasteiger charge is 2.14. The third kappa shape index (κ3) is 2.91. The summed E-state index contributed by atoms with van der Waals surface area (Å²) in [6.45, 7) is 0.493. The highest BCUT2D eigenvalue weighted by Crippen LogP contribution is 2.31. The molecule has 106 valence electrons. The van der Waals surface area contributed by atoms with E-state index in [4.69, 9.17) is 10.5 Å². The topological polar surface area (TPSA) is 38.5 Å². The lowest BCUT2D eigenvalue weighted by molar-refractivity contribution is 0.415. The molecule has 0 aliphatic carbocycles. The van der Waals surface area contributed by atoms with Crippen LogP contribution in [0.4, 0.5) is 15.8 Å². The Bertz CT molecular complexity index is 569. The van der Waals surface area contributed by atoms with Crippen LogP contribution in [0.5, 0.6) is 5.75 Å². The van der Waals surface area contributed by atoms with E-state index in [0.29, 0.717) is 18.7 Å². The van der Waals surface area contributed by atoms with E-state index in [0.717, 1.165) is 17.0 Å². The summed E-state index contributed by atoms with van der Waals surface area (Å²) >= 11 is 0. The standard InChI is InChI=1S/C16H19FN2O/c1-19(13-6-8-14(20-2)9-7-13)16-12(10-11-18)4-3-5-15(16)17/h3-9H,10-11,18H2,1-2H3. The molecule has 0 radical (unpaired) electrons. The minimum absolute atomic E-state index is 0.241. The number of rotatable bonds is 5. The predicted molar refractivity (Wildman–Crippen MR) is 80.2 cm³/mol. The van der Waals surface area contributed by atoms with Gasteiger partial charge in [0.05, 0.1) is 12.8 Å². The van der Waals surface area contributed by atoms with E-state index in [1.165, 1.54) is 6.07 Å². The summed E-state index contributed by atoms with van der Waals surface area (Å²) in [4.78, 5) is 1.83. The largest absolute Gasteiger partial charge is 0.497 e.